The third-order valence-corrected chi connectivity index (χ3v) is 1.53. The van der Waals surface area contributed by atoms with Crippen molar-refractivity contribution in [1.29, 1.82) is 0 Å². The standard InChI is InChI=1S/C7H12O2/c1-6-2-3-9-7(4-6)5-8/h7-8H,1-5H2. The van der Waals surface area contributed by atoms with Crippen LogP contribution < -0.4 is 0 Å². The summed E-state index contributed by atoms with van der Waals surface area (Å²) in [6, 6.07) is 0. The third-order valence-electron chi connectivity index (χ3n) is 1.53. The van der Waals surface area contributed by atoms with Crippen molar-refractivity contribution in [2.75, 3.05) is 13.2 Å². The van der Waals surface area contributed by atoms with Gasteiger partial charge in [-0.2, -0.15) is 0 Å². The highest BCUT2D eigenvalue weighted by Crippen LogP contribution is 2.16. The van der Waals surface area contributed by atoms with Crippen LogP contribution >= 0.6 is 0 Å². The summed E-state index contributed by atoms with van der Waals surface area (Å²) in [4.78, 5) is 0. The van der Waals surface area contributed by atoms with Crippen LogP contribution in [-0.2, 0) is 4.74 Å². The van der Waals surface area contributed by atoms with Gasteiger partial charge in [0.25, 0.3) is 0 Å². The molecule has 0 aromatic rings. The van der Waals surface area contributed by atoms with E-state index in [-0.39, 0.29) is 12.7 Å². The van der Waals surface area contributed by atoms with Gasteiger partial charge in [0.05, 0.1) is 19.3 Å². The zero-order chi connectivity index (χ0) is 6.69. The molecule has 1 rings (SSSR count). The Morgan fingerprint density at radius 3 is 3.00 bits per heavy atom. The molecule has 0 spiro atoms. The van der Waals surface area contributed by atoms with Crippen LogP contribution in [0.1, 0.15) is 12.8 Å². The lowest BCUT2D eigenvalue weighted by molar-refractivity contribution is -0.000723. The van der Waals surface area contributed by atoms with Crippen LogP contribution in [0, 0.1) is 0 Å². The summed E-state index contributed by atoms with van der Waals surface area (Å²) in [5.41, 5.74) is 1.19. The normalized spacial score (nSPS) is 28.6. The van der Waals surface area contributed by atoms with Gasteiger partial charge in [0.2, 0.25) is 0 Å². The Hall–Kier alpha value is -0.340. The molecule has 0 aliphatic carbocycles. The van der Waals surface area contributed by atoms with Crippen LogP contribution in [0.2, 0.25) is 0 Å². The third kappa shape index (κ3) is 1.80. The number of hydrogen-bond donors (Lipinski definition) is 1. The van der Waals surface area contributed by atoms with Gasteiger partial charge in [-0.3, -0.25) is 0 Å². The predicted molar refractivity (Wildman–Crippen MR) is 35.2 cm³/mol. The molecular weight excluding hydrogens is 116 g/mol. The molecule has 1 saturated heterocycles. The van der Waals surface area contributed by atoms with E-state index in [1.165, 1.54) is 5.57 Å². The molecule has 0 saturated carbocycles. The number of rotatable bonds is 1. The van der Waals surface area contributed by atoms with Crippen molar-refractivity contribution in [3.05, 3.63) is 12.2 Å². The number of aliphatic hydroxyl groups excluding tert-OH is 1. The second-order valence-corrected chi connectivity index (χ2v) is 2.38. The van der Waals surface area contributed by atoms with Gasteiger partial charge in [0.15, 0.2) is 0 Å². The van der Waals surface area contributed by atoms with E-state index in [0.29, 0.717) is 0 Å². The fraction of sp³-hybridized carbons (Fsp3) is 0.714. The lowest BCUT2D eigenvalue weighted by atomic mass is 10.1. The Morgan fingerprint density at radius 2 is 2.56 bits per heavy atom. The second-order valence-electron chi connectivity index (χ2n) is 2.38. The maximum absolute atomic E-state index is 8.64. The minimum absolute atomic E-state index is 0.0197. The van der Waals surface area contributed by atoms with Gasteiger partial charge in [-0.25, -0.2) is 0 Å². The summed E-state index contributed by atoms with van der Waals surface area (Å²) in [6.07, 6.45) is 1.80. The van der Waals surface area contributed by atoms with E-state index in [1.54, 1.807) is 0 Å². The summed E-state index contributed by atoms with van der Waals surface area (Å²) in [6.45, 7) is 4.67. The van der Waals surface area contributed by atoms with Crippen molar-refractivity contribution >= 4 is 0 Å². The van der Waals surface area contributed by atoms with Crippen molar-refractivity contribution in [2.45, 2.75) is 18.9 Å². The molecule has 1 fully saturated rings. The molecule has 0 radical (unpaired) electrons. The topological polar surface area (TPSA) is 29.5 Å². The number of ether oxygens (including phenoxy) is 1. The monoisotopic (exact) mass is 128 g/mol. The van der Waals surface area contributed by atoms with E-state index in [9.17, 15) is 0 Å². The average Bonchev–Trinajstić information content (AvgIpc) is 1.88. The highest BCUT2D eigenvalue weighted by molar-refractivity contribution is 4.98. The Kier molecular flexibility index (Phi) is 2.25. The zero-order valence-electron chi connectivity index (χ0n) is 5.47. The Balaban J connectivity index is 2.32. The maximum atomic E-state index is 8.64. The first-order valence-electron chi connectivity index (χ1n) is 3.22. The Labute approximate surface area is 55.1 Å². The van der Waals surface area contributed by atoms with Gasteiger partial charge in [-0.05, 0) is 12.8 Å². The quantitative estimate of drug-likeness (QED) is 0.527. The van der Waals surface area contributed by atoms with Crippen molar-refractivity contribution in [2.24, 2.45) is 0 Å². The Morgan fingerprint density at radius 1 is 1.78 bits per heavy atom. The van der Waals surface area contributed by atoms with E-state index in [1.807, 2.05) is 0 Å². The average molecular weight is 128 g/mol. The summed E-state index contributed by atoms with van der Waals surface area (Å²) in [5.74, 6) is 0. The molecule has 1 aliphatic heterocycles. The van der Waals surface area contributed by atoms with Crippen molar-refractivity contribution in [3.63, 3.8) is 0 Å². The van der Waals surface area contributed by atoms with Gasteiger partial charge in [-0.15, -0.1) is 0 Å². The lowest BCUT2D eigenvalue weighted by Gasteiger charge is -2.21. The maximum Gasteiger partial charge on any atom is 0.0842 e. The van der Waals surface area contributed by atoms with Gasteiger partial charge in [0.1, 0.15) is 0 Å². The fourth-order valence-corrected chi connectivity index (χ4v) is 0.970. The molecular formula is C7H12O2. The van der Waals surface area contributed by atoms with Crippen LogP contribution in [-0.4, -0.2) is 24.4 Å². The molecule has 9 heavy (non-hydrogen) atoms. The minimum Gasteiger partial charge on any atom is -0.394 e. The summed E-state index contributed by atoms with van der Waals surface area (Å²) in [5, 5.41) is 8.64. The first kappa shape index (κ1) is 6.78. The van der Waals surface area contributed by atoms with Crippen LogP contribution in [0.4, 0.5) is 0 Å². The molecule has 2 nitrogen and oxygen atoms in total. The van der Waals surface area contributed by atoms with Crippen LogP contribution in [0.15, 0.2) is 12.2 Å². The first-order chi connectivity index (χ1) is 4.33. The summed E-state index contributed by atoms with van der Waals surface area (Å²) >= 11 is 0. The molecule has 0 bridgehead atoms. The van der Waals surface area contributed by atoms with Crippen LogP contribution in [0.3, 0.4) is 0 Å². The highest BCUT2D eigenvalue weighted by Gasteiger charge is 2.14. The number of hydrogen-bond acceptors (Lipinski definition) is 2. The Bertz CT molecular complexity index is 109. The van der Waals surface area contributed by atoms with Gasteiger partial charge < -0.3 is 9.84 Å². The smallest absolute Gasteiger partial charge is 0.0842 e. The lowest BCUT2D eigenvalue weighted by Crippen LogP contribution is -2.23. The molecule has 1 atom stereocenters. The van der Waals surface area contributed by atoms with E-state index in [0.717, 1.165) is 19.4 Å². The van der Waals surface area contributed by atoms with Crippen molar-refractivity contribution in [3.8, 4) is 0 Å². The second kappa shape index (κ2) is 2.99. The predicted octanol–water partition coefficient (Wildman–Crippen LogP) is 0.714. The molecule has 0 aromatic carbocycles. The van der Waals surface area contributed by atoms with Gasteiger partial charge in [0, 0.05) is 0 Å². The number of aliphatic hydroxyl groups is 1. The summed E-state index contributed by atoms with van der Waals surface area (Å²) in [7, 11) is 0. The molecule has 0 amide bonds. The molecule has 1 N–H and O–H groups in total. The van der Waals surface area contributed by atoms with E-state index >= 15 is 0 Å². The molecule has 1 aliphatic rings. The molecule has 0 aromatic heterocycles. The van der Waals surface area contributed by atoms with Crippen LogP contribution in [0.25, 0.3) is 0 Å². The van der Waals surface area contributed by atoms with E-state index in [4.69, 9.17) is 9.84 Å². The van der Waals surface area contributed by atoms with Crippen molar-refractivity contribution in [1.82, 2.24) is 0 Å². The minimum atomic E-state index is 0.0197. The van der Waals surface area contributed by atoms with Crippen LogP contribution in [0.5, 0.6) is 0 Å². The molecule has 1 heterocycles. The van der Waals surface area contributed by atoms with Gasteiger partial charge >= 0.3 is 0 Å². The largest absolute Gasteiger partial charge is 0.394 e. The van der Waals surface area contributed by atoms with E-state index < -0.39 is 0 Å². The van der Waals surface area contributed by atoms with E-state index in [2.05, 4.69) is 6.58 Å². The first-order valence-corrected chi connectivity index (χ1v) is 3.22. The zero-order valence-corrected chi connectivity index (χ0v) is 5.47. The SMILES string of the molecule is C=C1CCOC(CO)C1. The molecule has 52 valence electrons. The fourth-order valence-electron chi connectivity index (χ4n) is 0.970. The molecule has 1 unspecified atom stereocenters. The molecule has 2 heteroatoms. The summed E-state index contributed by atoms with van der Waals surface area (Å²) < 4.78 is 5.19. The van der Waals surface area contributed by atoms with Gasteiger partial charge in [-0.1, -0.05) is 12.2 Å². The van der Waals surface area contributed by atoms with Crippen molar-refractivity contribution < 1.29 is 9.84 Å². The highest BCUT2D eigenvalue weighted by atomic mass is 16.5.